The van der Waals surface area contributed by atoms with E-state index >= 15 is 0 Å². The van der Waals surface area contributed by atoms with Crippen LogP contribution >= 0.6 is 0 Å². The first kappa shape index (κ1) is 17.2. The number of aromatic amines is 1. The highest BCUT2D eigenvalue weighted by atomic mass is 16.2. The second-order valence-corrected chi connectivity index (χ2v) is 6.39. The van der Waals surface area contributed by atoms with Crippen LogP contribution in [0.2, 0.25) is 0 Å². The lowest BCUT2D eigenvalue weighted by molar-refractivity contribution is -0.121. The number of benzene rings is 1. The van der Waals surface area contributed by atoms with Crippen LogP contribution in [-0.2, 0) is 4.79 Å². The van der Waals surface area contributed by atoms with Crippen LogP contribution in [0.25, 0.3) is 10.9 Å². The summed E-state index contributed by atoms with van der Waals surface area (Å²) in [6.07, 6.45) is 5.71. The smallest absolute Gasteiger partial charge is 0.321 e. The summed E-state index contributed by atoms with van der Waals surface area (Å²) in [4.78, 5) is 28.8. The van der Waals surface area contributed by atoms with Gasteiger partial charge in [0.05, 0.1) is 6.54 Å². The SMILES string of the molecule is C=CCNC(=O)NC(=O)CN1CCC(c2c[nH]c3ccccc23)CC1. The highest BCUT2D eigenvalue weighted by molar-refractivity contribution is 5.95. The number of aromatic nitrogens is 1. The number of hydrogen-bond acceptors (Lipinski definition) is 3. The molecule has 3 rings (SSSR count). The lowest BCUT2D eigenvalue weighted by Gasteiger charge is -2.31. The van der Waals surface area contributed by atoms with Gasteiger partial charge in [-0.2, -0.15) is 0 Å². The van der Waals surface area contributed by atoms with Crippen molar-refractivity contribution in [2.24, 2.45) is 0 Å². The summed E-state index contributed by atoms with van der Waals surface area (Å²) < 4.78 is 0. The van der Waals surface area contributed by atoms with E-state index in [1.54, 1.807) is 6.08 Å². The van der Waals surface area contributed by atoms with Crippen LogP contribution in [0.15, 0.2) is 43.1 Å². The quantitative estimate of drug-likeness (QED) is 0.731. The van der Waals surface area contributed by atoms with Crippen molar-refractivity contribution >= 4 is 22.8 Å². The van der Waals surface area contributed by atoms with E-state index in [1.165, 1.54) is 16.5 Å². The topological polar surface area (TPSA) is 77.2 Å². The van der Waals surface area contributed by atoms with Gasteiger partial charge in [0.25, 0.3) is 0 Å². The molecule has 1 aromatic carbocycles. The van der Waals surface area contributed by atoms with Crippen LogP contribution in [0.3, 0.4) is 0 Å². The molecule has 0 atom stereocenters. The summed E-state index contributed by atoms with van der Waals surface area (Å²) in [5, 5.41) is 6.16. The lowest BCUT2D eigenvalue weighted by atomic mass is 9.89. The number of nitrogens with one attached hydrogen (secondary N) is 3. The summed E-state index contributed by atoms with van der Waals surface area (Å²) >= 11 is 0. The molecule has 1 saturated heterocycles. The number of rotatable bonds is 5. The first-order valence-electron chi connectivity index (χ1n) is 8.64. The van der Waals surface area contributed by atoms with Gasteiger partial charge in [0.2, 0.25) is 5.91 Å². The molecule has 25 heavy (non-hydrogen) atoms. The van der Waals surface area contributed by atoms with Crippen molar-refractivity contribution in [3.63, 3.8) is 0 Å². The van der Waals surface area contributed by atoms with E-state index in [2.05, 4.69) is 51.5 Å². The van der Waals surface area contributed by atoms with E-state index in [4.69, 9.17) is 0 Å². The number of likely N-dealkylation sites (tertiary alicyclic amines) is 1. The molecule has 2 heterocycles. The molecule has 6 nitrogen and oxygen atoms in total. The Morgan fingerprint density at radius 1 is 1.28 bits per heavy atom. The average Bonchev–Trinajstić information content (AvgIpc) is 3.04. The Kier molecular flexibility index (Phi) is 5.50. The third kappa shape index (κ3) is 4.28. The first-order valence-corrected chi connectivity index (χ1v) is 8.64. The Morgan fingerprint density at radius 3 is 2.80 bits per heavy atom. The van der Waals surface area contributed by atoms with Crippen molar-refractivity contribution < 1.29 is 9.59 Å². The zero-order valence-corrected chi connectivity index (χ0v) is 14.3. The van der Waals surface area contributed by atoms with E-state index in [9.17, 15) is 9.59 Å². The molecule has 1 aliphatic rings. The van der Waals surface area contributed by atoms with Crippen LogP contribution in [-0.4, -0.2) is 48.0 Å². The molecule has 3 amide bonds. The first-order chi connectivity index (χ1) is 12.2. The number of amides is 3. The molecule has 0 spiro atoms. The predicted octanol–water partition coefficient (Wildman–Crippen LogP) is 2.36. The van der Waals surface area contributed by atoms with Gasteiger partial charge in [-0.05, 0) is 43.5 Å². The number of fused-ring (bicyclic) bond motifs is 1. The molecular weight excluding hydrogens is 316 g/mol. The number of hydrogen-bond donors (Lipinski definition) is 3. The molecule has 1 aliphatic heterocycles. The minimum atomic E-state index is -0.474. The van der Waals surface area contributed by atoms with Crippen LogP contribution < -0.4 is 10.6 Å². The fourth-order valence-corrected chi connectivity index (χ4v) is 3.41. The molecule has 0 saturated carbocycles. The molecule has 1 fully saturated rings. The van der Waals surface area contributed by atoms with Crippen molar-refractivity contribution in [3.8, 4) is 0 Å². The molecule has 0 unspecified atom stereocenters. The molecule has 6 heteroatoms. The Bertz CT molecular complexity index is 760. The van der Waals surface area contributed by atoms with Crippen LogP contribution in [0.4, 0.5) is 4.79 Å². The van der Waals surface area contributed by atoms with Gasteiger partial charge < -0.3 is 10.3 Å². The second kappa shape index (κ2) is 7.98. The van der Waals surface area contributed by atoms with E-state index in [-0.39, 0.29) is 12.5 Å². The Balaban J connectivity index is 1.49. The van der Waals surface area contributed by atoms with Crippen molar-refractivity contribution in [2.45, 2.75) is 18.8 Å². The minimum Gasteiger partial charge on any atom is -0.361 e. The van der Waals surface area contributed by atoms with E-state index < -0.39 is 6.03 Å². The maximum absolute atomic E-state index is 11.9. The number of H-pyrrole nitrogens is 1. The molecular formula is C19H24N4O2. The fourth-order valence-electron chi connectivity index (χ4n) is 3.41. The number of piperidine rings is 1. The third-order valence-electron chi connectivity index (χ3n) is 4.68. The zero-order chi connectivity index (χ0) is 17.6. The number of para-hydroxylation sites is 1. The number of urea groups is 1. The van der Waals surface area contributed by atoms with Crippen molar-refractivity contribution in [1.29, 1.82) is 0 Å². The Morgan fingerprint density at radius 2 is 2.04 bits per heavy atom. The molecule has 0 aliphatic carbocycles. The van der Waals surface area contributed by atoms with Gasteiger partial charge in [-0.25, -0.2) is 4.79 Å². The van der Waals surface area contributed by atoms with Gasteiger partial charge in [-0.1, -0.05) is 24.3 Å². The van der Waals surface area contributed by atoms with E-state index in [1.807, 2.05) is 6.07 Å². The van der Waals surface area contributed by atoms with Gasteiger partial charge in [-0.3, -0.25) is 15.0 Å². The molecule has 1 aromatic heterocycles. The average molecular weight is 340 g/mol. The van der Waals surface area contributed by atoms with Crippen LogP contribution in [0.5, 0.6) is 0 Å². The Labute approximate surface area is 147 Å². The predicted molar refractivity (Wildman–Crippen MR) is 98.5 cm³/mol. The van der Waals surface area contributed by atoms with Gasteiger partial charge in [0.15, 0.2) is 0 Å². The number of carbonyl (C=O) groups excluding carboxylic acids is 2. The highest BCUT2D eigenvalue weighted by Crippen LogP contribution is 2.32. The van der Waals surface area contributed by atoms with E-state index in [0.29, 0.717) is 12.5 Å². The summed E-state index contributed by atoms with van der Waals surface area (Å²) in [5.41, 5.74) is 2.54. The van der Waals surface area contributed by atoms with Gasteiger partial charge in [0.1, 0.15) is 0 Å². The van der Waals surface area contributed by atoms with Gasteiger partial charge >= 0.3 is 6.03 Å². The molecule has 3 N–H and O–H groups in total. The molecule has 0 bridgehead atoms. The minimum absolute atomic E-state index is 0.252. The largest absolute Gasteiger partial charge is 0.361 e. The highest BCUT2D eigenvalue weighted by Gasteiger charge is 2.24. The summed E-state index contributed by atoms with van der Waals surface area (Å²) in [6.45, 7) is 5.82. The van der Waals surface area contributed by atoms with Crippen molar-refractivity contribution in [1.82, 2.24) is 20.5 Å². The standard InChI is InChI=1S/C19H24N4O2/c1-2-9-20-19(25)22-18(24)13-23-10-7-14(8-11-23)16-12-21-17-6-4-3-5-15(16)17/h2-6,12,14,21H,1,7-11,13H2,(H2,20,22,24,25). The maximum Gasteiger partial charge on any atom is 0.321 e. The third-order valence-corrected chi connectivity index (χ3v) is 4.68. The number of imide groups is 1. The maximum atomic E-state index is 11.9. The van der Waals surface area contributed by atoms with E-state index in [0.717, 1.165) is 25.9 Å². The lowest BCUT2D eigenvalue weighted by Crippen LogP contribution is -2.46. The van der Waals surface area contributed by atoms with Crippen molar-refractivity contribution in [2.75, 3.05) is 26.2 Å². The summed E-state index contributed by atoms with van der Waals surface area (Å²) in [6, 6.07) is 7.88. The van der Waals surface area contributed by atoms with Gasteiger partial charge in [0, 0.05) is 23.6 Å². The molecule has 132 valence electrons. The number of nitrogens with zero attached hydrogens (tertiary/aromatic N) is 1. The monoisotopic (exact) mass is 340 g/mol. The second-order valence-electron chi connectivity index (χ2n) is 6.39. The Hall–Kier alpha value is -2.60. The van der Waals surface area contributed by atoms with Crippen LogP contribution in [0, 0.1) is 0 Å². The summed E-state index contributed by atoms with van der Waals surface area (Å²) in [5.74, 6) is 0.235. The van der Waals surface area contributed by atoms with Gasteiger partial charge in [-0.15, -0.1) is 6.58 Å². The zero-order valence-electron chi connectivity index (χ0n) is 14.3. The number of carbonyl (C=O) groups is 2. The molecule has 0 radical (unpaired) electrons. The fraction of sp³-hybridized carbons (Fsp3) is 0.368. The van der Waals surface area contributed by atoms with Crippen molar-refractivity contribution in [3.05, 3.63) is 48.7 Å². The summed E-state index contributed by atoms with van der Waals surface area (Å²) in [7, 11) is 0. The normalized spacial score (nSPS) is 15.8. The van der Waals surface area contributed by atoms with Crippen LogP contribution in [0.1, 0.15) is 24.3 Å². The molecule has 2 aromatic rings.